The first-order chi connectivity index (χ1) is 12.7. The SMILES string of the molecule is OCCOc1cc(Nc2cnccn2)nc(NCc2ccc(F)cc2)n1. The van der Waals surface area contributed by atoms with Gasteiger partial charge in [-0.1, -0.05) is 12.1 Å². The molecule has 0 atom stereocenters. The molecule has 1 aromatic carbocycles. The molecule has 0 saturated carbocycles. The summed E-state index contributed by atoms with van der Waals surface area (Å²) in [6, 6.07) is 7.72. The molecule has 2 aromatic heterocycles. The number of aliphatic hydroxyl groups is 1. The van der Waals surface area contributed by atoms with Crippen molar-refractivity contribution in [2.45, 2.75) is 6.54 Å². The molecule has 0 aliphatic heterocycles. The second-order valence-electron chi connectivity index (χ2n) is 5.18. The molecule has 3 aromatic rings. The lowest BCUT2D eigenvalue weighted by atomic mass is 10.2. The topological polar surface area (TPSA) is 105 Å². The number of aromatic nitrogens is 4. The van der Waals surface area contributed by atoms with Gasteiger partial charge in [-0.3, -0.25) is 4.98 Å². The average Bonchev–Trinajstić information content (AvgIpc) is 2.67. The number of halogens is 1. The van der Waals surface area contributed by atoms with Crippen molar-refractivity contribution < 1.29 is 14.2 Å². The molecule has 0 aliphatic carbocycles. The van der Waals surface area contributed by atoms with Crippen LogP contribution in [0.3, 0.4) is 0 Å². The lowest BCUT2D eigenvalue weighted by Crippen LogP contribution is -2.09. The molecule has 0 unspecified atom stereocenters. The van der Waals surface area contributed by atoms with Crippen molar-refractivity contribution in [3.8, 4) is 5.88 Å². The Morgan fingerprint density at radius 2 is 1.92 bits per heavy atom. The first kappa shape index (κ1) is 17.5. The number of hydrogen-bond donors (Lipinski definition) is 3. The molecule has 0 bridgehead atoms. The van der Waals surface area contributed by atoms with Crippen LogP contribution in [-0.4, -0.2) is 38.3 Å². The minimum atomic E-state index is -0.292. The van der Waals surface area contributed by atoms with Crippen molar-refractivity contribution in [2.75, 3.05) is 23.8 Å². The minimum Gasteiger partial charge on any atom is -0.475 e. The quantitative estimate of drug-likeness (QED) is 0.564. The smallest absolute Gasteiger partial charge is 0.228 e. The van der Waals surface area contributed by atoms with E-state index >= 15 is 0 Å². The van der Waals surface area contributed by atoms with E-state index in [1.54, 1.807) is 36.8 Å². The third kappa shape index (κ3) is 5.08. The number of ether oxygens (including phenoxy) is 1. The Morgan fingerprint density at radius 1 is 1.08 bits per heavy atom. The first-order valence-corrected chi connectivity index (χ1v) is 7.87. The maximum atomic E-state index is 13.0. The summed E-state index contributed by atoms with van der Waals surface area (Å²) in [7, 11) is 0. The van der Waals surface area contributed by atoms with Gasteiger partial charge in [0.1, 0.15) is 24.1 Å². The molecule has 26 heavy (non-hydrogen) atoms. The summed E-state index contributed by atoms with van der Waals surface area (Å²) in [6.07, 6.45) is 4.68. The van der Waals surface area contributed by atoms with Crippen molar-refractivity contribution >= 4 is 17.6 Å². The van der Waals surface area contributed by atoms with Gasteiger partial charge in [-0.2, -0.15) is 9.97 Å². The summed E-state index contributed by atoms with van der Waals surface area (Å²) in [4.78, 5) is 16.7. The van der Waals surface area contributed by atoms with E-state index in [0.29, 0.717) is 30.0 Å². The predicted molar refractivity (Wildman–Crippen MR) is 93.7 cm³/mol. The average molecular weight is 356 g/mol. The third-order valence-corrected chi connectivity index (χ3v) is 3.23. The van der Waals surface area contributed by atoms with E-state index in [0.717, 1.165) is 5.56 Å². The number of hydrogen-bond acceptors (Lipinski definition) is 8. The Kier molecular flexibility index (Phi) is 5.84. The monoisotopic (exact) mass is 356 g/mol. The third-order valence-electron chi connectivity index (χ3n) is 3.23. The van der Waals surface area contributed by atoms with Crippen molar-refractivity contribution in [1.29, 1.82) is 0 Å². The van der Waals surface area contributed by atoms with E-state index in [9.17, 15) is 4.39 Å². The Morgan fingerprint density at radius 3 is 2.65 bits per heavy atom. The summed E-state index contributed by atoms with van der Waals surface area (Å²) in [6.45, 7) is 0.391. The molecule has 0 radical (unpaired) electrons. The molecule has 3 N–H and O–H groups in total. The van der Waals surface area contributed by atoms with Gasteiger partial charge in [0, 0.05) is 25.0 Å². The molecule has 134 valence electrons. The van der Waals surface area contributed by atoms with E-state index in [1.807, 2.05) is 0 Å². The van der Waals surface area contributed by atoms with Crippen LogP contribution in [0.15, 0.2) is 48.9 Å². The zero-order valence-electron chi connectivity index (χ0n) is 13.8. The van der Waals surface area contributed by atoms with E-state index in [1.165, 1.54) is 12.1 Å². The highest BCUT2D eigenvalue weighted by Gasteiger charge is 2.07. The molecule has 0 saturated heterocycles. The lowest BCUT2D eigenvalue weighted by Gasteiger charge is -2.11. The van der Waals surface area contributed by atoms with E-state index in [-0.39, 0.29) is 19.0 Å². The summed E-state index contributed by atoms with van der Waals surface area (Å²) < 4.78 is 18.4. The highest BCUT2D eigenvalue weighted by molar-refractivity contribution is 5.54. The highest BCUT2D eigenvalue weighted by atomic mass is 19.1. The Bertz CT molecular complexity index is 832. The number of anilines is 3. The van der Waals surface area contributed by atoms with Crippen LogP contribution in [-0.2, 0) is 6.54 Å². The second kappa shape index (κ2) is 8.67. The predicted octanol–water partition coefficient (Wildman–Crippen LogP) is 2.13. The second-order valence-corrected chi connectivity index (χ2v) is 5.18. The molecular weight excluding hydrogens is 339 g/mol. The van der Waals surface area contributed by atoms with Gasteiger partial charge in [-0.25, -0.2) is 9.37 Å². The number of benzene rings is 1. The molecule has 2 heterocycles. The van der Waals surface area contributed by atoms with Crippen molar-refractivity contribution in [1.82, 2.24) is 19.9 Å². The zero-order valence-corrected chi connectivity index (χ0v) is 13.8. The summed E-state index contributed by atoms with van der Waals surface area (Å²) in [5.74, 6) is 1.29. The highest BCUT2D eigenvalue weighted by Crippen LogP contribution is 2.19. The Hall–Kier alpha value is -3.33. The molecular formula is C17H17FN6O2. The summed E-state index contributed by atoms with van der Waals surface area (Å²) >= 11 is 0. The van der Waals surface area contributed by atoms with Crippen molar-refractivity contribution in [3.05, 3.63) is 60.3 Å². The van der Waals surface area contributed by atoms with Crippen LogP contribution in [0.25, 0.3) is 0 Å². The fraction of sp³-hybridized carbons (Fsp3) is 0.176. The minimum absolute atomic E-state index is 0.110. The molecule has 9 heteroatoms. The lowest BCUT2D eigenvalue weighted by molar-refractivity contribution is 0.197. The van der Waals surface area contributed by atoms with Gasteiger partial charge < -0.3 is 20.5 Å². The van der Waals surface area contributed by atoms with Crippen LogP contribution >= 0.6 is 0 Å². The van der Waals surface area contributed by atoms with Crippen LogP contribution in [0, 0.1) is 5.82 Å². The molecule has 0 spiro atoms. The van der Waals surface area contributed by atoms with E-state index in [2.05, 4.69) is 30.6 Å². The van der Waals surface area contributed by atoms with Gasteiger partial charge >= 0.3 is 0 Å². The molecule has 0 amide bonds. The normalized spacial score (nSPS) is 10.4. The number of aliphatic hydroxyl groups excluding tert-OH is 1. The Labute approximate surface area is 149 Å². The molecule has 0 aliphatic rings. The summed E-state index contributed by atoms with van der Waals surface area (Å²) in [5.41, 5.74) is 0.875. The fourth-order valence-corrected chi connectivity index (χ4v) is 2.07. The molecule has 3 rings (SSSR count). The molecule has 8 nitrogen and oxygen atoms in total. The zero-order chi connectivity index (χ0) is 18.2. The largest absolute Gasteiger partial charge is 0.475 e. The maximum Gasteiger partial charge on any atom is 0.228 e. The van der Waals surface area contributed by atoms with Crippen LogP contribution in [0.2, 0.25) is 0 Å². The van der Waals surface area contributed by atoms with Gasteiger partial charge in [0.05, 0.1) is 12.8 Å². The van der Waals surface area contributed by atoms with Crippen molar-refractivity contribution in [3.63, 3.8) is 0 Å². The Balaban J connectivity index is 1.76. The van der Waals surface area contributed by atoms with Gasteiger partial charge in [0.15, 0.2) is 0 Å². The van der Waals surface area contributed by atoms with E-state index < -0.39 is 0 Å². The van der Waals surface area contributed by atoms with Gasteiger partial charge in [0.25, 0.3) is 0 Å². The maximum absolute atomic E-state index is 13.0. The molecule has 0 fully saturated rings. The summed E-state index contributed by atoms with van der Waals surface area (Å²) in [5, 5.41) is 15.0. The number of nitrogens with zero attached hydrogens (tertiary/aromatic N) is 4. The first-order valence-electron chi connectivity index (χ1n) is 7.87. The number of nitrogens with one attached hydrogen (secondary N) is 2. The van der Waals surface area contributed by atoms with Crippen LogP contribution in [0.1, 0.15) is 5.56 Å². The van der Waals surface area contributed by atoms with Gasteiger partial charge in [-0.15, -0.1) is 0 Å². The van der Waals surface area contributed by atoms with Crippen LogP contribution in [0.5, 0.6) is 5.88 Å². The van der Waals surface area contributed by atoms with E-state index in [4.69, 9.17) is 9.84 Å². The van der Waals surface area contributed by atoms with Gasteiger partial charge in [-0.05, 0) is 17.7 Å². The fourth-order valence-electron chi connectivity index (χ4n) is 2.07. The van der Waals surface area contributed by atoms with Crippen molar-refractivity contribution in [2.24, 2.45) is 0 Å². The van der Waals surface area contributed by atoms with Gasteiger partial charge in [0.2, 0.25) is 11.8 Å². The standard InChI is InChI=1S/C17H17FN6O2/c18-13-3-1-12(2-4-13)10-21-17-23-14(9-16(24-17)26-8-7-25)22-15-11-19-5-6-20-15/h1-6,9,11,25H,7-8,10H2,(H2,20,21,22,23,24). The van der Waals surface area contributed by atoms with Crippen LogP contribution < -0.4 is 15.4 Å². The number of rotatable bonds is 8. The van der Waals surface area contributed by atoms with Crippen LogP contribution in [0.4, 0.5) is 22.0 Å².